The number of carbonyl (C=O) groups excluding carboxylic acids is 3. The SMILES string of the molecule is COC(=O)[C@H](C#N)[C@@](C#N)(C(=O)OC)[C@H]1C[C@H](C(C)(C)C)CCC1=O. The summed E-state index contributed by atoms with van der Waals surface area (Å²) >= 11 is 0. The Morgan fingerprint density at radius 1 is 1.20 bits per heavy atom. The summed E-state index contributed by atoms with van der Waals surface area (Å²) in [5, 5.41) is 19.3. The molecular formula is C18H24N2O5. The normalized spacial score (nSPS) is 24.2. The molecule has 0 aromatic carbocycles. The van der Waals surface area contributed by atoms with E-state index in [1.54, 1.807) is 12.1 Å². The molecule has 136 valence electrons. The fraction of sp³-hybridized carbons (Fsp3) is 0.722. The molecule has 0 aromatic rings. The van der Waals surface area contributed by atoms with Crippen LogP contribution in [0.25, 0.3) is 0 Å². The molecular weight excluding hydrogens is 324 g/mol. The van der Waals surface area contributed by atoms with Gasteiger partial charge in [-0.3, -0.25) is 14.4 Å². The molecule has 0 aliphatic heterocycles. The lowest BCUT2D eigenvalue weighted by molar-refractivity contribution is -0.167. The summed E-state index contributed by atoms with van der Waals surface area (Å²) in [6, 6.07) is 3.47. The predicted octanol–water partition coefficient (Wildman–Crippen LogP) is 2.01. The van der Waals surface area contributed by atoms with Crippen LogP contribution in [0, 0.1) is 51.2 Å². The molecule has 1 saturated carbocycles. The van der Waals surface area contributed by atoms with Crippen molar-refractivity contribution in [1.82, 2.24) is 0 Å². The highest BCUT2D eigenvalue weighted by Gasteiger charge is 2.61. The molecule has 7 nitrogen and oxygen atoms in total. The molecule has 0 heterocycles. The highest BCUT2D eigenvalue weighted by molar-refractivity contribution is 5.96. The van der Waals surface area contributed by atoms with Crippen molar-refractivity contribution in [2.45, 2.75) is 40.0 Å². The van der Waals surface area contributed by atoms with Crippen molar-refractivity contribution in [3.05, 3.63) is 0 Å². The third kappa shape index (κ3) is 3.66. The van der Waals surface area contributed by atoms with Crippen LogP contribution in [0.4, 0.5) is 0 Å². The van der Waals surface area contributed by atoms with Gasteiger partial charge in [-0.15, -0.1) is 0 Å². The second-order valence-corrected chi connectivity index (χ2v) is 7.41. The number of nitrogens with zero attached hydrogens (tertiary/aromatic N) is 2. The van der Waals surface area contributed by atoms with Gasteiger partial charge >= 0.3 is 11.9 Å². The van der Waals surface area contributed by atoms with Gasteiger partial charge in [0.1, 0.15) is 5.78 Å². The third-order valence-electron chi connectivity index (χ3n) is 5.15. The van der Waals surface area contributed by atoms with E-state index in [0.717, 1.165) is 14.2 Å². The van der Waals surface area contributed by atoms with Crippen molar-refractivity contribution >= 4 is 17.7 Å². The first kappa shape index (κ1) is 20.6. The van der Waals surface area contributed by atoms with Gasteiger partial charge in [-0.2, -0.15) is 10.5 Å². The fourth-order valence-corrected chi connectivity index (χ4v) is 3.53. The summed E-state index contributed by atoms with van der Waals surface area (Å²) in [5.41, 5.74) is -2.36. The Morgan fingerprint density at radius 3 is 2.20 bits per heavy atom. The van der Waals surface area contributed by atoms with E-state index in [0.29, 0.717) is 6.42 Å². The molecule has 0 radical (unpaired) electrons. The fourth-order valence-electron chi connectivity index (χ4n) is 3.53. The summed E-state index contributed by atoms with van der Waals surface area (Å²) < 4.78 is 9.33. The van der Waals surface area contributed by atoms with Crippen LogP contribution in [-0.2, 0) is 23.9 Å². The molecule has 25 heavy (non-hydrogen) atoms. The quantitative estimate of drug-likeness (QED) is 0.713. The van der Waals surface area contributed by atoms with Gasteiger partial charge in [-0.05, 0) is 24.2 Å². The van der Waals surface area contributed by atoms with E-state index in [-0.39, 0.29) is 30.0 Å². The maximum absolute atomic E-state index is 12.6. The van der Waals surface area contributed by atoms with Crippen molar-refractivity contribution in [1.29, 1.82) is 10.5 Å². The lowest BCUT2D eigenvalue weighted by Crippen LogP contribution is -2.52. The minimum Gasteiger partial charge on any atom is -0.468 e. The second kappa shape index (κ2) is 7.65. The molecule has 1 rings (SSSR count). The zero-order chi connectivity index (χ0) is 19.4. The van der Waals surface area contributed by atoms with Crippen LogP contribution in [0.3, 0.4) is 0 Å². The van der Waals surface area contributed by atoms with E-state index in [2.05, 4.69) is 4.74 Å². The first-order chi connectivity index (χ1) is 11.6. The number of methoxy groups -OCH3 is 2. The van der Waals surface area contributed by atoms with Crippen LogP contribution in [-0.4, -0.2) is 31.9 Å². The van der Waals surface area contributed by atoms with Crippen LogP contribution in [0.2, 0.25) is 0 Å². The molecule has 4 atom stereocenters. The van der Waals surface area contributed by atoms with Gasteiger partial charge in [0.2, 0.25) is 0 Å². The molecule has 1 aliphatic rings. The lowest BCUT2D eigenvalue weighted by Gasteiger charge is -2.42. The van der Waals surface area contributed by atoms with Crippen molar-refractivity contribution < 1.29 is 23.9 Å². The van der Waals surface area contributed by atoms with E-state index in [4.69, 9.17) is 4.74 Å². The number of hydrogen-bond donors (Lipinski definition) is 0. The van der Waals surface area contributed by atoms with E-state index in [1.165, 1.54) is 0 Å². The Balaban J connectivity index is 3.53. The number of rotatable bonds is 4. The van der Waals surface area contributed by atoms with Gasteiger partial charge < -0.3 is 9.47 Å². The average Bonchev–Trinajstić information content (AvgIpc) is 2.58. The standard InChI is InChI=1S/C18H24N2O5/c1-17(2,3)11-6-7-14(21)12(8-11)18(10-20,16(23)25-5)13(9-19)15(22)24-4/h11-13H,6-8H2,1-5H3/t11-,12+,13+,18+/m1/s1. The number of nitriles is 2. The third-order valence-corrected chi connectivity index (χ3v) is 5.15. The minimum absolute atomic E-state index is 0.0598. The van der Waals surface area contributed by atoms with Gasteiger partial charge in [-0.25, -0.2) is 0 Å². The Hall–Kier alpha value is -2.41. The van der Waals surface area contributed by atoms with Gasteiger partial charge in [0.25, 0.3) is 0 Å². The van der Waals surface area contributed by atoms with E-state index < -0.39 is 29.2 Å². The molecule has 0 unspecified atom stereocenters. The number of Topliss-reactive ketones (excluding diaryl/α,β-unsaturated/α-hetero) is 1. The molecule has 0 spiro atoms. The molecule has 0 aromatic heterocycles. The largest absolute Gasteiger partial charge is 0.468 e. The number of hydrogen-bond acceptors (Lipinski definition) is 7. The van der Waals surface area contributed by atoms with Crippen molar-refractivity contribution in [3.63, 3.8) is 0 Å². The number of carbonyl (C=O) groups is 3. The van der Waals surface area contributed by atoms with E-state index in [9.17, 15) is 24.9 Å². The van der Waals surface area contributed by atoms with Crippen LogP contribution in [0.1, 0.15) is 40.0 Å². The Kier molecular flexibility index (Phi) is 6.31. The summed E-state index contributed by atoms with van der Waals surface area (Å²) in [6.45, 7) is 6.04. The van der Waals surface area contributed by atoms with Crippen LogP contribution in [0.5, 0.6) is 0 Å². The highest BCUT2D eigenvalue weighted by Crippen LogP contribution is 2.48. The highest BCUT2D eigenvalue weighted by atomic mass is 16.5. The second-order valence-electron chi connectivity index (χ2n) is 7.41. The van der Waals surface area contributed by atoms with Gasteiger partial charge in [-0.1, -0.05) is 20.8 Å². The van der Waals surface area contributed by atoms with E-state index in [1.807, 2.05) is 20.8 Å². The van der Waals surface area contributed by atoms with Crippen LogP contribution < -0.4 is 0 Å². The van der Waals surface area contributed by atoms with Crippen molar-refractivity contribution in [2.75, 3.05) is 14.2 Å². The zero-order valence-corrected chi connectivity index (χ0v) is 15.3. The molecule has 0 N–H and O–H groups in total. The zero-order valence-electron chi connectivity index (χ0n) is 15.3. The average molecular weight is 348 g/mol. The molecule has 0 saturated heterocycles. The van der Waals surface area contributed by atoms with Gasteiger partial charge in [0.15, 0.2) is 11.3 Å². The van der Waals surface area contributed by atoms with Gasteiger partial charge in [0, 0.05) is 12.3 Å². The maximum Gasteiger partial charge on any atom is 0.328 e. The molecule has 0 amide bonds. The predicted molar refractivity (Wildman–Crippen MR) is 86.5 cm³/mol. The molecule has 7 heteroatoms. The Bertz CT molecular complexity index is 637. The van der Waals surface area contributed by atoms with Crippen molar-refractivity contribution in [2.24, 2.45) is 28.6 Å². The van der Waals surface area contributed by atoms with Crippen molar-refractivity contribution in [3.8, 4) is 12.1 Å². The minimum atomic E-state index is -2.21. The summed E-state index contributed by atoms with van der Waals surface area (Å²) in [7, 11) is 2.13. The first-order valence-corrected chi connectivity index (χ1v) is 8.09. The molecule has 0 bridgehead atoms. The lowest BCUT2D eigenvalue weighted by atomic mass is 9.58. The number of esters is 2. The van der Waals surface area contributed by atoms with E-state index >= 15 is 0 Å². The smallest absolute Gasteiger partial charge is 0.328 e. The summed E-state index contributed by atoms with van der Waals surface area (Å²) in [4.78, 5) is 37.2. The Morgan fingerprint density at radius 2 is 1.80 bits per heavy atom. The number of ketones is 1. The van der Waals surface area contributed by atoms with Crippen LogP contribution >= 0.6 is 0 Å². The molecule has 1 fully saturated rings. The van der Waals surface area contributed by atoms with Gasteiger partial charge in [0.05, 0.1) is 26.4 Å². The summed E-state index contributed by atoms with van der Waals surface area (Å²) in [5.74, 6) is -5.16. The summed E-state index contributed by atoms with van der Waals surface area (Å²) in [6.07, 6.45) is 1.06. The van der Waals surface area contributed by atoms with Crippen LogP contribution in [0.15, 0.2) is 0 Å². The maximum atomic E-state index is 12.6. The monoisotopic (exact) mass is 348 g/mol. The Labute approximate surface area is 147 Å². The molecule has 1 aliphatic carbocycles. The number of ether oxygens (including phenoxy) is 2. The first-order valence-electron chi connectivity index (χ1n) is 8.09. The topological polar surface area (TPSA) is 117 Å².